The molecule has 0 bridgehead atoms. The van der Waals surface area contributed by atoms with Crippen molar-refractivity contribution in [3.8, 4) is 22.4 Å². The summed E-state index contributed by atoms with van der Waals surface area (Å²) in [6.45, 7) is 0.769. The lowest BCUT2D eigenvalue weighted by Gasteiger charge is -2.06. The number of nitrogens with zero attached hydrogens (tertiary/aromatic N) is 2. The molecule has 0 aliphatic rings. The van der Waals surface area contributed by atoms with Crippen LogP contribution in [0.1, 0.15) is 5.69 Å². The Morgan fingerprint density at radius 3 is 2.64 bits per heavy atom. The number of anilines is 1. The van der Waals surface area contributed by atoms with Crippen LogP contribution in [0.25, 0.3) is 22.4 Å². The van der Waals surface area contributed by atoms with Crippen molar-refractivity contribution in [2.24, 2.45) is 0 Å². The first-order valence-electron chi connectivity index (χ1n) is 7.14. The van der Waals surface area contributed by atoms with Gasteiger partial charge in [-0.3, -0.25) is 4.98 Å². The number of thiazole rings is 1. The Balaban J connectivity index is 1.95. The molecule has 3 aromatic rings. The SMILES string of the molecule is CNCc1cc(-c2cccc(-c3csc(NC)n3)c2)ccn1. The van der Waals surface area contributed by atoms with Crippen LogP contribution in [0.15, 0.2) is 48.0 Å². The fraction of sp³-hybridized carbons (Fsp3) is 0.176. The second-order valence-corrected chi connectivity index (χ2v) is 5.79. The van der Waals surface area contributed by atoms with Crippen molar-refractivity contribution in [3.63, 3.8) is 0 Å². The average Bonchev–Trinajstić information content (AvgIpc) is 3.05. The van der Waals surface area contributed by atoms with Crippen molar-refractivity contribution < 1.29 is 0 Å². The molecule has 2 aromatic heterocycles. The summed E-state index contributed by atoms with van der Waals surface area (Å²) in [5, 5.41) is 9.21. The number of hydrogen-bond acceptors (Lipinski definition) is 5. The van der Waals surface area contributed by atoms with Gasteiger partial charge >= 0.3 is 0 Å². The van der Waals surface area contributed by atoms with Crippen LogP contribution in [0, 0.1) is 0 Å². The molecule has 0 aliphatic heterocycles. The van der Waals surface area contributed by atoms with Crippen molar-refractivity contribution in [1.29, 1.82) is 0 Å². The molecule has 0 saturated carbocycles. The van der Waals surface area contributed by atoms with Gasteiger partial charge in [-0.1, -0.05) is 18.2 Å². The lowest BCUT2D eigenvalue weighted by atomic mass is 10.0. The molecular weight excluding hydrogens is 292 g/mol. The topological polar surface area (TPSA) is 49.8 Å². The monoisotopic (exact) mass is 310 g/mol. The highest BCUT2D eigenvalue weighted by molar-refractivity contribution is 7.14. The Hall–Kier alpha value is -2.24. The van der Waals surface area contributed by atoms with Crippen LogP contribution in [0.2, 0.25) is 0 Å². The van der Waals surface area contributed by atoms with E-state index in [1.54, 1.807) is 11.3 Å². The lowest BCUT2D eigenvalue weighted by molar-refractivity contribution is 0.791. The van der Waals surface area contributed by atoms with E-state index in [1.165, 1.54) is 11.1 Å². The summed E-state index contributed by atoms with van der Waals surface area (Å²) in [5.41, 5.74) is 5.52. The van der Waals surface area contributed by atoms with Crippen LogP contribution in [0.4, 0.5) is 5.13 Å². The van der Waals surface area contributed by atoms with Crippen LogP contribution >= 0.6 is 11.3 Å². The minimum Gasteiger partial charge on any atom is -0.365 e. The van der Waals surface area contributed by atoms with Gasteiger partial charge in [0.05, 0.1) is 11.4 Å². The van der Waals surface area contributed by atoms with E-state index in [0.29, 0.717) is 0 Å². The van der Waals surface area contributed by atoms with E-state index < -0.39 is 0 Å². The molecule has 0 radical (unpaired) electrons. The highest BCUT2D eigenvalue weighted by Gasteiger charge is 2.06. The number of benzene rings is 1. The van der Waals surface area contributed by atoms with Crippen molar-refractivity contribution in [3.05, 3.63) is 53.7 Å². The Bertz CT molecular complexity index is 767. The summed E-state index contributed by atoms with van der Waals surface area (Å²) in [5.74, 6) is 0. The van der Waals surface area contributed by atoms with E-state index >= 15 is 0 Å². The van der Waals surface area contributed by atoms with Crippen LogP contribution in [-0.2, 0) is 6.54 Å². The van der Waals surface area contributed by atoms with Crippen molar-refractivity contribution >= 4 is 16.5 Å². The summed E-state index contributed by atoms with van der Waals surface area (Å²) in [6.07, 6.45) is 1.86. The Morgan fingerprint density at radius 1 is 1.05 bits per heavy atom. The van der Waals surface area contributed by atoms with Gasteiger partial charge in [-0.15, -0.1) is 11.3 Å². The maximum atomic E-state index is 4.57. The normalized spacial score (nSPS) is 10.6. The van der Waals surface area contributed by atoms with E-state index in [0.717, 1.165) is 28.6 Å². The molecule has 22 heavy (non-hydrogen) atoms. The highest BCUT2D eigenvalue weighted by Crippen LogP contribution is 2.28. The van der Waals surface area contributed by atoms with Gasteiger partial charge in [0.1, 0.15) is 0 Å². The molecule has 0 amide bonds. The summed E-state index contributed by atoms with van der Waals surface area (Å²) in [7, 11) is 3.82. The zero-order chi connectivity index (χ0) is 15.4. The third-order valence-electron chi connectivity index (χ3n) is 3.38. The number of hydrogen-bond donors (Lipinski definition) is 2. The van der Waals surface area contributed by atoms with Crippen molar-refractivity contribution in [1.82, 2.24) is 15.3 Å². The molecule has 2 heterocycles. The molecule has 2 N–H and O–H groups in total. The Morgan fingerprint density at radius 2 is 1.86 bits per heavy atom. The van der Waals surface area contributed by atoms with Gasteiger partial charge < -0.3 is 10.6 Å². The molecule has 0 spiro atoms. The lowest BCUT2D eigenvalue weighted by Crippen LogP contribution is -2.06. The van der Waals surface area contributed by atoms with Crippen LogP contribution in [-0.4, -0.2) is 24.1 Å². The average molecular weight is 310 g/mol. The second-order valence-electron chi connectivity index (χ2n) is 4.93. The van der Waals surface area contributed by atoms with Gasteiger partial charge in [-0.2, -0.15) is 0 Å². The number of aromatic nitrogens is 2. The largest absolute Gasteiger partial charge is 0.365 e. The summed E-state index contributed by atoms with van der Waals surface area (Å²) in [4.78, 5) is 8.93. The first-order valence-corrected chi connectivity index (χ1v) is 8.02. The fourth-order valence-electron chi connectivity index (χ4n) is 2.31. The maximum absolute atomic E-state index is 4.57. The molecule has 0 atom stereocenters. The first-order chi connectivity index (χ1) is 10.8. The van der Waals surface area contributed by atoms with E-state index in [4.69, 9.17) is 0 Å². The molecule has 3 rings (SSSR count). The second kappa shape index (κ2) is 6.68. The predicted molar refractivity (Wildman–Crippen MR) is 93.1 cm³/mol. The number of nitrogens with one attached hydrogen (secondary N) is 2. The maximum Gasteiger partial charge on any atom is 0.182 e. The molecule has 4 nitrogen and oxygen atoms in total. The molecular formula is C17H18N4S. The number of pyridine rings is 1. The van der Waals surface area contributed by atoms with Gasteiger partial charge in [0.25, 0.3) is 0 Å². The minimum atomic E-state index is 0.769. The number of rotatable bonds is 5. The van der Waals surface area contributed by atoms with E-state index in [9.17, 15) is 0 Å². The smallest absolute Gasteiger partial charge is 0.182 e. The van der Waals surface area contributed by atoms with E-state index in [-0.39, 0.29) is 0 Å². The molecule has 0 aliphatic carbocycles. The molecule has 112 valence electrons. The minimum absolute atomic E-state index is 0.769. The quantitative estimate of drug-likeness (QED) is 0.755. The molecule has 0 saturated heterocycles. The summed E-state index contributed by atoms with van der Waals surface area (Å²) >= 11 is 1.61. The Labute approximate surface area is 134 Å². The van der Waals surface area contributed by atoms with Crippen molar-refractivity contribution in [2.75, 3.05) is 19.4 Å². The molecule has 0 unspecified atom stereocenters. The van der Waals surface area contributed by atoms with Crippen molar-refractivity contribution in [2.45, 2.75) is 6.54 Å². The summed E-state index contributed by atoms with van der Waals surface area (Å²) < 4.78 is 0. The zero-order valence-electron chi connectivity index (χ0n) is 12.6. The first kappa shape index (κ1) is 14.7. The molecule has 0 fully saturated rings. The molecule has 5 heteroatoms. The van der Waals surface area contributed by atoms with Crippen LogP contribution in [0.3, 0.4) is 0 Å². The van der Waals surface area contributed by atoms with E-state index in [1.807, 2.05) is 26.4 Å². The van der Waals surface area contributed by atoms with Gasteiger partial charge in [0, 0.05) is 30.7 Å². The molecule has 1 aromatic carbocycles. The van der Waals surface area contributed by atoms with Crippen LogP contribution < -0.4 is 10.6 Å². The predicted octanol–water partition coefficient (Wildman–Crippen LogP) is 3.63. The van der Waals surface area contributed by atoms with Gasteiger partial charge in [-0.05, 0) is 36.4 Å². The third-order valence-corrected chi connectivity index (χ3v) is 4.24. The zero-order valence-corrected chi connectivity index (χ0v) is 13.4. The van der Waals surface area contributed by atoms with Gasteiger partial charge in [0.2, 0.25) is 0 Å². The van der Waals surface area contributed by atoms with E-state index in [2.05, 4.69) is 56.3 Å². The van der Waals surface area contributed by atoms with Gasteiger partial charge in [-0.25, -0.2) is 4.98 Å². The Kier molecular flexibility index (Phi) is 4.46. The van der Waals surface area contributed by atoms with Crippen LogP contribution in [0.5, 0.6) is 0 Å². The fourth-order valence-corrected chi connectivity index (χ4v) is 3.00. The highest BCUT2D eigenvalue weighted by atomic mass is 32.1. The standard InChI is InChI=1S/C17H18N4S/c1-18-10-15-9-13(6-7-20-15)12-4-3-5-14(8-12)16-11-22-17(19-2)21-16/h3-9,11,18H,10H2,1-2H3,(H,19,21). The summed E-state index contributed by atoms with van der Waals surface area (Å²) in [6, 6.07) is 12.6. The third kappa shape index (κ3) is 3.16. The van der Waals surface area contributed by atoms with Gasteiger partial charge in [0.15, 0.2) is 5.13 Å².